The van der Waals surface area contributed by atoms with Crippen LogP contribution >= 0.6 is 27.7 Å². The minimum atomic E-state index is -0.583. The van der Waals surface area contributed by atoms with Gasteiger partial charge in [-0.2, -0.15) is 0 Å². The van der Waals surface area contributed by atoms with Gasteiger partial charge in [0.25, 0.3) is 11.1 Å². The van der Waals surface area contributed by atoms with Crippen molar-refractivity contribution >= 4 is 67.3 Å². The van der Waals surface area contributed by atoms with E-state index in [4.69, 9.17) is 9.47 Å². The largest absolute Gasteiger partial charge is 0.490 e. The minimum Gasteiger partial charge on any atom is -0.490 e. The topological polar surface area (TPSA) is 84.9 Å². The van der Waals surface area contributed by atoms with E-state index in [1.807, 2.05) is 25.1 Å². The predicted octanol–water partition coefficient (Wildman–Crippen LogP) is 7.39. The van der Waals surface area contributed by atoms with Crippen molar-refractivity contribution in [3.8, 4) is 11.5 Å². The number of anilines is 1. The summed E-state index contributed by atoms with van der Waals surface area (Å²) in [5.41, 5.74) is 1.97. The van der Waals surface area contributed by atoms with Crippen LogP contribution < -0.4 is 14.8 Å². The van der Waals surface area contributed by atoms with Crippen LogP contribution in [-0.2, 0) is 16.2 Å². The Labute approximate surface area is 248 Å². The van der Waals surface area contributed by atoms with Gasteiger partial charge in [-0.15, -0.1) is 0 Å². The molecule has 10 heteroatoms. The fraction of sp³-hybridized carbons (Fsp3) is 0.129. The first-order valence-electron chi connectivity index (χ1n) is 12.7. The molecule has 7 nitrogen and oxygen atoms in total. The van der Waals surface area contributed by atoms with Gasteiger partial charge in [-0.1, -0.05) is 36.4 Å². The van der Waals surface area contributed by atoms with Crippen LogP contribution in [0.3, 0.4) is 0 Å². The molecular weight excluding hydrogens is 611 g/mol. The molecule has 0 bridgehead atoms. The molecule has 1 aliphatic heterocycles. The maximum Gasteiger partial charge on any atom is 0.294 e. The molecule has 3 amide bonds. The summed E-state index contributed by atoms with van der Waals surface area (Å²) >= 11 is 4.30. The number of benzene rings is 4. The molecule has 208 valence electrons. The Morgan fingerprint density at radius 3 is 2.51 bits per heavy atom. The average Bonchev–Trinajstić information content (AvgIpc) is 3.21. The number of nitrogens with zero attached hydrogens (tertiary/aromatic N) is 1. The summed E-state index contributed by atoms with van der Waals surface area (Å²) in [4.78, 5) is 39.0. The molecule has 1 N–H and O–H groups in total. The third-order valence-corrected chi connectivity index (χ3v) is 7.63. The fourth-order valence-corrected chi connectivity index (χ4v) is 5.64. The van der Waals surface area contributed by atoms with Crippen molar-refractivity contribution in [2.75, 3.05) is 18.5 Å². The van der Waals surface area contributed by atoms with E-state index in [-0.39, 0.29) is 4.91 Å². The van der Waals surface area contributed by atoms with Crippen LogP contribution in [0.5, 0.6) is 11.5 Å². The summed E-state index contributed by atoms with van der Waals surface area (Å²) in [6.07, 6.45) is 1.57. The molecule has 0 saturated carbocycles. The first-order chi connectivity index (χ1) is 19.8. The van der Waals surface area contributed by atoms with Gasteiger partial charge in [-0.3, -0.25) is 19.3 Å². The highest BCUT2D eigenvalue weighted by Crippen LogP contribution is 2.40. The molecule has 0 aliphatic carbocycles. The molecule has 0 unspecified atom stereocenters. The summed E-state index contributed by atoms with van der Waals surface area (Å²) in [7, 11) is 0. The summed E-state index contributed by atoms with van der Waals surface area (Å²) in [6.45, 7) is 2.11. The number of nitrogens with one attached hydrogen (secondary N) is 1. The van der Waals surface area contributed by atoms with E-state index in [0.717, 1.165) is 33.0 Å². The lowest BCUT2D eigenvalue weighted by Crippen LogP contribution is -2.36. The van der Waals surface area contributed by atoms with E-state index < -0.39 is 29.4 Å². The molecular formula is C31H24BrFN2O5S. The Balaban J connectivity index is 1.30. The molecule has 0 spiro atoms. The lowest BCUT2D eigenvalue weighted by molar-refractivity contribution is -0.127. The summed E-state index contributed by atoms with van der Waals surface area (Å²) < 4.78 is 25.7. The maximum atomic E-state index is 13.1. The summed E-state index contributed by atoms with van der Waals surface area (Å²) in [5, 5.41) is 4.26. The number of halogens is 2. The zero-order valence-electron chi connectivity index (χ0n) is 21.9. The number of amides is 3. The van der Waals surface area contributed by atoms with Gasteiger partial charge in [-0.25, -0.2) is 4.39 Å². The van der Waals surface area contributed by atoms with Gasteiger partial charge < -0.3 is 14.8 Å². The molecule has 1 fully saturated rings. The molecule has 41 heavy (non-hydrogen) atoms. The second-order valence-electron chi connectivity index (χ2n) is 9.06. The number of hydrogen-bond donors (Lipinski definition) is 1. The number of rotatable bonds is 9. The van der Waals surface area contributed by atoms with E-state index in [2.05, 4.69) is 45.5 Å². The van der Waals surface area contributed by atoms with E-state index in [9.17, 15) is 18.8 Å². The number of ether oxygens (including phenoxy) is 2. The Morgan fingerprint density at radius 2 is 1.76 bits per heavy atom. The quantitative estimate of drug-likeness (QED) is 0.193. The molecule has 1 heterocycles. The van der Waals surface area contributed by atoms with Crippen LogP contribution in [0.1, 0.15) is 18.1 Å². The molecule has 0 aromatic heterocycles. The van der Waals surface area contributed by atoms with Crippen LogP contribution in [0.25, 0.3) is 16.8 Å². The molecule has 5 rings (SSSR count). The zero-order valence-corrected chi connectivity index (χ0v) is 24.3. The third-order valence-electron chi connectivity index (χ3n) is 6.13. The second kappa shape index (κ2) is 12.6. The van der Waals surface area contributed by atoms with Crippen molar-refractivity contribution in [2.24, 2.45) is 0 Å². The van der Waals surface area contributed by atoms with Gasteiger partial charge >= 0.3 is 0 Å². The highest BCUT2D eigenvalue weighted by atomic mass is 79.9. The van der Waals surface area contributed by atoms with Crippen LogP contribution in [0.4, 0.5) is 14.9 Å². The van der Waals surface area contributed by atoms with E-state index >= 15 is 0 Å². The molecule has 4 aromatic rings. The van der Waals surface area contributed by atoms with Gasteiger partial charge in [0, 0.05) is 5.69 Å². The first-order valence-corrected chi connectivity index (χ1v) is 14.3. The standard InChI is InChI=1S/C31H24BrFN2O5S/c1-2-39-26-15-20(14-25(32)29(26)40-18-19-7-8-21-5-3-4-6-22(21)13-19)16-27-30(37)35(31(38)41-27)17-28(36)34-24-11-9-23(33)10-12-24/h3-16H,2,17-18H2,1H3,(H,34,36)/b27-16-. The number of thioether (sulfide) groups is 1. The number of carbonyl (C=O) groups excluding carboxylic acids is 3. The predicted molar refractivity (Wildman–Crippen MR) is 161 cm³/mol. The van der Waals surface area contributed by atoms with Gasteiger partial charge in [0.1, 0.15) is 19.0 Å². The van der Waals surface area contributed by atoms with Crippen LogP contribution in [0.2, 0.25) is 0 Å². The molecule has 1 saturated heterocycles. The second-order valence-corrected chi connectivity index (χ2v) is 10.9. The Bertz CT molecular complexity index is 1680. The highest BCUT2D eigenvalue weighted by molar-refractivity contribution is 9.10. The van der Waals surface area contributed by atoms with Crippen molar-refractivity contribution in [3.05, 3.63) is 105 Å². The fourth-order valence-electron chi connectivity index (χ4n) is 4.22. The third kappa shape index (κ3) is 6.78. The lowest BCUT2D eigenvalue weighted by Gasteiger charge is -2.15. The van der Waals surface area contributed by atoms with Gasteiger partial charge in [0.05, 0.1) is 16.0 Å². The monoisotopic (exact) mass is 634 g/mol. The normalized spacial score (nSPS) is 14.1. The van der Waals surface area contributed by atoms with Gasteiger partial charge in [0.2, 0.25) is 5.91 Å². The summed E-state index contributed by atoms with van der Waals surface area (Å²) in [5.74, 6) is -0.605. The average molecular weight is 636 g/mol. The molecule has 0 radical (unpaired) electrons. The van der Waals surface area contributed by atoms with Crippen molar-refractivity contribution in [2.45, 2.75) is 13.5 Å². The maximum absolute atomic E-state index is 13.1. The van der Waals surface area contributed by atoms with Crippen molar-refractivity contribution in [1.82, 2.24) is 4.90 Å². The molecule has 0 atom stereocenters. The Morgan fingerprint density at radius 1 is 1.00 bits per heavy atom. The van der Waals surface area contributed by atoms with Crippen LogP contribution in [0.15, 0.2) is 88.2 Å². The SMILES string of the molecule is CCOc1cc(/C=C2\SC(=O)N(CC(=O)Nc3ccc(F)cc3)C2=O)cc(Br)c1OCc1ccc2ccccc2c1. The van der Waals surface area contributed by atoms with E-state index in [1.165, 1.54) is 24.3 Å². The number of carbonyl (C=O) groups is 3. The van der Waals surface area contributed by atoms with Crippen LogP contribution in [0, 0.1) is 5.82 Å². The van der Waals surface area contributed by atoms with E-state index in [0.29, 0.717) is 40.4 Å². The molecule has 4 aromatic carbocycles. The molecule has 1 aliphatic rings. The smallest absolute Gasteiger partial charge is 0.294 e. The van der Waals surface area contributed by atoms with Crippen LogP contribution in [-0.4, -0.2) is 35.1 Å². The first kappa shape index (κ1) is 28.4. The van der Waals surface area contributed by atoms with Gasteiger partial charge in [-0.05, 0) is 105 Å². The number of fused-ring (bicyclic) bond motifs is 1. The van der Waals surface area contributed by atoms with Gasteiger partial charge in [0.15, 0.2) is 11.5 Å². The minimum absolute atomic E-state index is 0.170. The summed E-state index contributed by atoms with van der Waals surface area (Å²) in [6, 6.07) is 22.9. The lowest BCUT2D eigenvalue weighted by atomic mass is 10.1. The van der Waals surface area contributed by atoms with Crippen molar-refractivity contribution < 1.29 is 28.2 Å². The zero-order chi connectivity index (χ0) is 28.9. The van der Waals surface area contributed by atoms with E-state index in [1.54, 1.807) is 18.2 Å². The highest BCUT2D eigenvalue weighted by Gasteiger charge is 2.36. The van der Waals surface area contributed by atoms with Crippen molar-refractivity contribution in [3.63, 3.8) is 0 Å². The number of hydrogen-bond acceptors (Lipinski definition) is 6. The van der Waals surface area contributed by atoms with Crippen molar-refractivity contribution in [1.29, 1.82) is 0 Å². The number of imide groups is 1. The Hall–Kier alpha value is -4.15. The Kier molecular flexibility index (Phi) is 8.70.